The van der Waals surface area contributed by atoms with Gasteiger partial charge in [-0.1, -0.05) is 0 Å². The average Bonchev–Trinajstić information content (AvgIpc) is 2.80. The summed E-state index contributed by atoms with van der Waals surface area (Å²) in [6.45, 7) is 14.2. The molecule has 2 rings (SSSR count). The zero-order valence-electron chi connectivity index (χ0n) is 16.3. The van der Waals surface area contributed by atoms with Crippen LogP contribution in [0.5, 0.6) is 0 Å². The molecule has 1 aliphatic rings. The van der Waals surface area contributed by atoms with E-state index in [0.717, 1.165) is 5.56 Å². The maximum Gasteiger partial charge on any atom is 0.351 e. The second kappa shape index (κ2) is 7.05. The first-order valence-electron chi connectivity index (χ1n) is 8.68. The zero-order valence-corrected chi connectivity index (χ0v) is 16.3. The number of nitrogens with two attached hydrogens (primary N) is 1. The van der Waals surface area contributed by atoms with Crippen LogP contribution in [0.25, 0.3) is 0 Å². The lowest BCUT2D eigenvalue weighted by Crippen LogP contribution is -2.37. The van der Waals surface area contributed by atoms with Gasteiger partial charge in [-0.3, -0.25) is 4.57 Å². The Balaban J connectivity index is 2.22. The van der Waals surface area contributed by atoms with Crippen LogP contribution in [0.2, 0.25) is 0 Å². The molecule has 0 aliphatic carbocycles. The molecule has 3 atom stereocenters. The fraction of sp³-hybridized carbons (Fsp3) is 0.778. The summed E-state index contributed by atoms with van der Waals surface area (Å²) in [5.74, 6) is 0.245. The summed E-state index contributed by atoms with van der Waals surface area (Å²) in [5.41, 5.74) is 5.45. The molecule has 0 radical (unpaired) electrons. The van der Waals surface area contributed by atoms with E-state index in [4.69, 9.17) is 19.9 Å². The monoisotopic (exact) mass is 353 g/mol. The van der Waals surface area contributed by atoms with E-state index in [9.17, 15) is 4.79 Å². The van der Waals surface area contributed by atoms with Gasteiger partial charge in [-0.25, -0.2) is 4.79 Å². The number of aryl methyl sites for hydroxylation is 1. The number of anilines is 1. The number of nitrogen functional groups attached to an aromatic ring is 1. The Hall–Kier alpha value is -1.44. The number of hydrogen-bond acceptors (Lipinski definition) is 6. The Kier molecular flexibility index (Phi) is 5.61. The first-order chi connectivity index (χ1) is 11.4. The average molecular weight is 353 g/mol. The molecule has 7 nitrogen and oxygen atoms in total. The predicted molar refractivity (Wildman–Crippen MR) is 96.5 cm³/mol. The third-order valence-corrected chi connectivity index (χ3v) is 3.85. The molecule has 1 unspecified atom stereocenters. The Bertz CT molecular complexity index is 658. The lowest BCUT2D eigenvalue weighted by molar-refractivity contribution is -0.132. The molecule has 1 aromatic rings. The summed E-state index contributed by atoms with van der Waals surface area (Å²) >= 11 is 0. The molecule has 0 aromatic carbocycles. The minimum atomic E-state index is -0.444. The van der Waals surface area contributed by atoms with E-state index in [1.807, 2.05) is 48.5 Å². The summed E-state index contributed by atoms with van der Waals surface area (Å²) in [7, 11) is 0. The molecule has 1 aromatic heterocycles. The lowest BCUT2D eigenvalue weighted by atomic mass is 10.1. The van der Waals surface area contributed by atoms with Crippen molar-refractivity contribution in [2.45, 2.75) is 84.5 Å². The van der Waals surface area contributed by atoms with Crippen LogP contribution in [-0.4, -0.2) is 39.6 Å². The third-order valence-electron chi connectivity index (χ3n) is 3.85. The quantitative estimate of drug-likeness (QED) is 0.894. The molecule has 7 heteroatoms. The van der Waals surface area contributed by atoms with Crippen molar-refractivity contribution in [2.75, 3.05) is 12.3 Å². The molecule has 2 N–H and O–H groups in total. The van der Waals surface area contributed by atoms with E-state index < -0.39 is 11.9 Å². The Morgan fingerprint density at radius 2 is 1.92 bits per heavy atom. The van der Waals surface area contributed by atoms with Crippen molar-refractivity contribution in [3.8, 4) is 0 Å². The summed E-state index contributed by atoms with van der Waals surface area (Å²) in [6.07, 6.45) is 1.38. The van der Waals surface area contributed by atoms with Crippen molar-refractivity contribution >= 4 is 5.82 Å². The molecule has 0 saturated carbocycles. The molecule has 0 bridgehead atoms. The third kappa shape index (κ3) is 5.52. The van der Waals surface area contributed by atoms with E-state index >= 15 is 0 Å². The van der Waals surface area contributed by atoms with Gasteiger partial charge in [0.25, 0.3) is 0 Å². The smallest absolute Gasteiger partial charge is 0.351 e. The first-order valence-corrected chi connectivity index (χ1v) is 8.68. The van der Waals surface area contributed by atoms with Gasteiger partial charge in [-0.2, -0.15) is 4.98 Å². The van der Waals surface area contributed by atoms with Gasteiger partial charge in [0.15, 0.2) is 0 Å². The van der Waals surface area contributed by atoms with Crippen LogP contribution in [0.4, 0.5) is 5.82 Å². The maximum atomic E-state index is 12.2. The number of nitrogens with zero attached hydrogens (tertiary/aromatic N) is 2. The SMILES string of the molecule is Cc1cn([C@H]2CC(OC(C)(C)C)[C@@H](COC(C)(C)C)O2)c(=O)nc1N. The highest BCUT2D eigenvalue weighted by Gasteiger charge is 2.40. The lowest BCUT2D eigenvalue weighted by Gasteiger charge is -2.29. The summed E-state index contributed by atoms with van der Waals surface area (Å²) in [5, 5.41) is 0. The molecule has 0 amide bonds. The van der Waals surface area contributed by atoms with Crippen LogP contribution in [0.15, 0.2) is 11.0 Å². The van der Waals surface area contributed by atoms with E-state index in [0.29, 0.717) is 13.0 Å². The van der Waals surface area contributed by atoms with Crippen molar-refractivity contribution in [3.63, 3.8) is 0 Å². The minimum absolute atomic E-state index is 0.169. The maximum absolute atomic E-state index is 12.2. The molecule has 2 heterocycles. The van der Waals surface area contributed by atoms with Gasteiger partial charge in [-0.05, 0) is 48.5 Å². The van der Waals surface area contributed by atoms with Crippen LogP contribution in [0.1, 0.15) is 59.8 Å². The van der Waals surface area contributed by atoms with Gasteiger partial charge in [0.1, 0.15) is 18.1 Å². The van der Waals surface area contributed by atoms with Crippen molar-refractivity contribution in [3.05, 3.63) is 22.2 Å². The predicted octanol–water partition coefficient (Wildman–Crippen LogP) is 2.42. The normalized spacial score (nSPS) is 24.7. The number of aromatic nitrogens is 2. The fourth-order valence-electron chi connectivity index (χ4n) is 2.72. The van der Waals surface area contributed by atoms with Crippen molar-refractivity contribution in [1.82, 2.24) is 9.55 Å². The van der Waals surface area contributed by atoms with Crippen molar-refractivity contribution in [2.24, 2.45) is 0 Å². The molecular formula is C18H31N3O4. The highest BCUT2D eigenvalue weighted by Crippen LogP contribution is 2.33. The fourth-order valence-corrected chi connectivity index (χ4v) is 2.72. The molecule has 25 heavy (non-hydrogen) atoms. The van der Waals surface area contributed by atoms with Crippen LogP contribution in [-0.2, 0) is 14.2 Å². The molecule has 0 spiro atoms. The standard InChI is InChI=1S/C18H31N3O4/c1-11-9-21(16(22)20-15(11)19)14-8-12(25-18(5,6)7)13(24-14)10-23-17(2,3)4/h9,12-14H,8,10H2,1-7H3,(H2,19,20,22)/t12?,13-,14-/m1/s1. The summed E-state index contributed by atoms with van der Waals surface area (Å²) in [4.78, 5) is 16.1. The van der Waals surface area contributed by atoms with E-state index in [-0.39, 0.29) is 29.2 Å². The number of hydrogen-bond donors (Lipinski definition) is 1. The molecule has 1 fully saturated rings. The number of rotatable bonds is 4. The topological polar surface area (TPSA) is 88.6 Å². The Morgan fingerprint density at radius 3 is 2.48 bits per heavy atom. The van der Waals surface area contributed by atoms with Gasteiger partial charge in [0.05, 0.1) is 23.9 Å². The van der Waals surface area contributed by atoms with E-state index in [1.165, 1.54) is 4.57 Å². The zero-order chi connectivity index (χ0) is 19.0. The van der Waals surface area contributed by atoms with Gasteiger partial charge in [0, 0.05) is 18.2 Å². The molecule has 1 aliphatic heterocycles. The van der Waals surface area contributed by atoms with Crippen LogP contribution in [0.3, 0.4) is 0 Å². The minimum Gasteiger partial charge on any atom is -0.383 e. The highest BCUT2D eigenvalue weighted by atomic mass is 16.6. The highest BCUT2D eigenvalue weighted by molar-refractivity contribution is 5.35. The second-order valence-corrected chi connectivity index (χ2v) is 8.56. The van der Waals surface area contributed by atoms with Crippen LogP contribution < -0.4 is 11.4 Å². The Morgan fingerprint density at radius 1 is 1.28 bits per heavy atom. The summed E-state index contributed by atoms with van der Waals surface area (Å²) < 4.78 is 19.6. The molecule has 1 saturated heterocycles. The Labute approximate surface area is 149 Å². The number of ether oxygens (including phenoxy) is 3. The van der Waals surface area contributed by atoms with Gasteiger partial charge in [-0.15, -0.1) is 0 Å². The van der Waals surface area contributed by atoms with E-state index in [1.54, 1.807) is 6.20 Å². The van der Waals surface area contributed by atoms with Crippen LogP contribution in [0, 0.1) is 6.92 Å². The van der Waals surface area contributed by atoms with Crippen molar-refractivity contribution < 1.29 is 14.2 Å². The van der Waals surface area contributed by atoms with Gasteiger partial charge < -0.3 is 19.9 Å². The van der Waals surface area contributed by atoms with Crippen molar-refractivity contribution in [1.29, 1.82) is 0 Å². The van der Waals surface area contributed by atoms with E-state index in [2.05, 4.69) is 4.98 Å². The largest absolute Gasteiger partial charge is 0.383 e. The first kappa shape index (κ1) is 19.9. The second-order valence-electron chi connectivity index (χ2n) is 8.56. The van der Waals surface area contributed by atoms with Gasteiger partial charge >= 0.3 is 5.69 Å². The van der Waals surface area contributed by atoms with Gasteiger partial charge in [0.2, 0.25) is 0 Å². The molecule has 142 valence electrons. The van der Waals surface area contributed by atoms with Crippen LogP contribution >= 0.6 is 0 Å². The molecular weight excluding hydrogens is 322 g/mol. The summed E-state index contributed by atoms with van der Waals surface area (Å²) in [6, 6.07) is 0.